The highest BCUT2D eigenvalue weighted by atomic mass is 16.5. The van der Waals surface area contributed by atoms with Gasteiger partial charge in [0.15, 0.2) is 0 Å². The quantitative estimate of drug-likeness (QED) is 0.367. The number of carbonyl (C=O) groups excluding carboxylic acids is 1. The van der Waals surface area contributed by atoms with Crippen LogP contribution in [-0.4, -0.2) is 12.6 Å². The van der Waals surface area contributed by atoms with Crippen LogP contribution in [-0.2, 0) is 9.53 Å². The Labute approximate surface area is 112 Å². The van der Waals surface area contributed by atoms with Gasteiger partial charge in [-0.15, -0.1) is 0 Å². The summed E-state index contributed by atoms with van der Waals surface area (Å²) in [6.45, 7) is 2.88. The maximum atomic E-state index is 11.4. The third-order valence-electron chi connectivity index (χ3n) is 3.70. The molecule has 106 valence electrons. The van der Waals surface area contributed by atoms with Gasteiger partial charge in [0.25, 0.3) is 0 Å². The van der Waals surface area contributed by atoms with Crippen LogP contribution in [0.25, 0.3) is 0 Å². The molecule has 0 saturated heterocycles. The van der Waals surface area contributed by atoms with Crippen LogP contribution in [0.3, 0.4) is 0 Å². The number of ether oxygens (including phenoxy) is 1. The minimum atomic E-state index is 0.0133. The molecule has 1 fully saturated rings. The fourth-order valence-electron chi connectivity index (χ4n) is 2.26. The molecule has 1 aliphatic carbocycles. The Bertz CT molecular complexity index is 209. The molecule has 0 radical (unpaired) electrons. The van der Waals surface area contributed by atoms with Crippen LogP contribution in [0.5, 0.6) is 0 Å². The van der Waals surface area contributed by atoms with Crippen LogP contribution < -0.4 is 0 Å². The third-order valence-corrected chi connectivity index (χ3v) is 3.70. The van der Waals surface area contributed by atoms with E-state index in [0.717, 1.165) is 18.8 Å². The monoisotopic (exact) mass is 254 g/mol. The first-order chi connectivity index (χ1) is 8.83. The predicted molar refractivity (Wildman–Crippen MR) is 75.5 cm³/mol. The normalized spacial score (nSPS) is 14.7. The maximum Gasteiger partial charge on any atom is 0.305 e. The summed E-state index contributed by atoms with van der Waals surface area (Å²) in [7, 11) is 0. The van der Waals surface area contributed by atoms with E-state index in [2.05, 4.69) is 6.92 Å². The highest BCUT2D eigenvalue weighted by Crippen LogP contribution is 2.33. The lowest BCUT2D eigenvalue weighted by atomic mass is 10.1. The minimum absolute atomic E-state index is 0.0133. The van der Waals surface area contributed by atoms with Gasteiger partial charge in [0.1, 0.15) is 0 Å². The summed E-state index contributed by atoms with van der Waals surface area (Å²) >= 11 is 0. The van der Waals surface area contributed by atoms with E-state index in [1.165, 1.54) is 57.8 Å². The van der Waals surface area contributed by atoms with Crippen molar-refractivity contribution in [2.75, 3.05) is 6.61 Å². The molecule has 18 heavy (non-hydrogen) atoms. The van der Waals surface area contributed by atoms with E-state index in [1.54, 1.807) is 0 Å². The summed E-state index contributed by atoms with van der Waals surface area (Å²) in [5.74, 6) is 0.964. The largest absolute Gasteiger partial charge is 0.466 e. The van der Waals surface area contributed by atoms with Gasteiger partial charge in [-0.1, -0.05) is 58.3 Å². The van der Waals surface area contributed by atoms with Crippen molar-refractivity contribution in [1.29, 1.82) is 0 Å². The topological polar surface area (TPSA) is 26.3 Å². The van der Waals surface area contributed by atoms with Crippen molar-refractivity contribution in [2.24, 2.45) is 5.92 Å². The molecule has 0 N–H and O–H groups in total. The minimum Gasteiger partial charge on any atom is -0.466 e. The second-order valence-corrected chi connectivity index (χ2v) is 5.68. The lowest BCUT2D eigenvalue weighted by Gasteiger charge is -2.04. The number of hydrogen-bond acceptors (Lipinski definition) is 2. The van der Waals surface area contributed by atoms with Gasteiger partial charge in [0.2, 0.25) is 0 Å². The molecule has 0 amide bonds. The Hall–Kier alpha value is -0.530. The number of rotatable bonds is 12. The van der Waals surface area contributed by atoms with Crippen LogP contribution in [0.2, 0.25) is 0 Å². The van der Waals surface area contributed by atoms with E-state index in [-0.39, 0.29) is 5.97 Å². The molecular formula is C16H30O2. The zero-order valence-electron chi connectivity index (χ0n) is 12.1. The summed E-state index contributed by atoms with van der Waals surface area (Å²) in [5.41, 5.74) is 0. The molecule has 0 aromatic rings. The first-order valence-electron chi connectivity index (χ1n) is 7.98. The molecule has 0 aliphatic heterocycles. The van der Waals surface area contributed by atoms with E-state index in [4.69, 9.17) is 4.74 Å². The number of hydrogen-bond donors (Lipinski definition) is 0. The SMILES string of the molecule is CCCCCCCCCC(=O)OCCCC1CC1. The van der Waals surface area contributed by atoms with Gasteiger partial charge in [-0.3, -0.25) is 4.79 Å². The molecule has 0 unspecified atom stereocenters. The summed E-state index contributed by atoms with van der Waals surface area (Å²) in [6.07, 6.45) is 14.5. The molecule has 0 aromatic carbocycles. The Morgan fingerprint density at radius 1 is 1.00 bits per heavy atom. The molecule has 0 bridgehead atoms. The highest BCUT2D eigenvalue weighted by Gasteiger charge is 2.20. The van der Waals surface area contributed by atoms with Crippen molar-refractivity contribution in [1.82, 2.24) is 0 Å². The van der Waals surface area contributed by atoms with Gasteiger partial charge in [0.05, 0.1) is 6.61 Å². The molecule has 1 aliphatic rings. The molecule has 1 rings (SSSR count). The van der Waals surface area contributed by atoms with Crippen molar-refractivity contribution in [3.8, 4) is 0 Å². The van der Waals surface area contributed by atoms with Gasteiger partial charge in [0, 0.05) is 6.42 Å². The van der Waals surface area contributed by atoms with Crippen molar-refractivity contribution in [2.45, 2.75) is 84.0 Å². The molecule has 0 heterocycles. The standard InChI is InChI=1S/C16H30O2/c1-2-3-4-5-6-7-8-11-16(17)18-14-9-10-15-12-13-15/h15H,2-14H2,1H3. The Morgan fingerprint density at radius 2 is 1.67 bits per heavy atom. The van der Waals surface area contributed by atoms with E-state index >= 15 is 0 Å². The molecule has 0 aromatic heterocycles. The predicted octanol–water partition coefficient (Wildman–Crippen LogP) is 4.86. The van der Waals surface area contributed by atoms with Crippen LogP contribution >= 0.6 is 0 Å². The number of esters is 1. The van der Waals surface area contributed by atoms with Gasteiger partial charge in [-0.25, -0.2) is 0 Å². The second-order valence-electron chi connectivity index (χ2n) is 5.68. The zero-order valence-corrected chi connectivity index (χ0v) is 12.1. The smallest absolute Gasteiger partial charge is 0.305 e. The molecule has 2 nitrogen and oxygen atoms in total. The van der Waals surface area contributed by atoms with Crippen LogP contribution in [0.4, 0.5) is 0 Å². The first-order valence-corrected chi connectivity index (χ1v) is 7.98. The van der Waals surface area contributed by atoms with Crippen molar-refractivity contribution < 1.29 is 9.53 Å². The van der Waals surface area contributed by atoms with Crippen LogP contribution in [0.15, 0.2) is 0 Å². The van der Waals surface area contributed by atoms with Crippen molar-refractivity contribution in [3.05, 3.63) is 0 Å². The molecular weight excluding hydrogens is 224 g/mol. The van der Waals surface area contributed by atoms with Crippen molar-refractivity contribution >= 4 is 5.97 Å². The number of carbonyl (C=O) groups is 1. The maximum absolute atomic E-state index is 11.4. The molecule has 1 saturated carbocycles. The van der Waals surface area contributed by atoms with E-state index in [9.17, 15) is 4.79 Å². The van der Waals surface area contributed by atoms with Crippen LogP contribution in [0.1, 0.15) is 84.0 Å². The Morgan fingerprint density at radius 3 is 2.33 bits per heavy atom. The third kappa shape index (κ3) is 9.49. The van der Waals surface area contributed by atoms with E-state index < -0.39 is 0 Å². The summed E-state index contributed by atoms with van der Waals surface area (Å²) in [6, 6.07) is 0. The lowest BCUT2D eigenvalue weighted by molar-refractivity contribution is -0.143. The highest BCUT2D eigenvalue weighted by molar-refractivity contribution is 5.69. The van der Waals surface area contributed by atoms with Crippen LogP contribution in [0, 0.1) is 5.92 Å². The van der Waals surface area contributed by atoms with Gasteiger partial charge >= 0.3 is 5.97 Å². The van der Waals surface area contributed by atoms with E-state index in [0.29, 0.717) is 13.0 Å². The molecule has 0 atom stereocenters. The fraction of sp³-hybridized carbons (Fsp3) is 0.938. The van der Waals surface area contributed by atoms with E-state index in [1.807, 2.05) is 0 Å². The number of unbranched alkanes of at least 4 members (excludes halogenated alkanes) is 6. The van der Waals surface area contributed by atoms with Gasteiger partial charge in [-0.2, -0.15) is 0 Å². The Kier molecular flexibility index (Phi) is 8.97. The molecule has 2 heteroatoms. The zero-order chi connectivity index (χ0) is 13.1. The molecule has 0 spiro atoms. The second kappa shape index (κ2) is 10.4. The summed E-state index contributed by atoms with van der Waals surface area (Å²) in [4.78, 5) is 11.4. The first kappa shape index (κ1) is 15.5. The van der Waals surface area contributed by atoms with Gasteiger partial charge in [-0.05, 0) is 25.2 Å². The summed E-state index contributed by atoms with van der Waals surface area (Å²) < 4.78 is 5.23. The average molecular weight is 254 g/mol. The van der Waals surface area contributed by atoms with Gasteiger partial charge < -0.3 is 4.74 Å². The lowest BCUT2D eigenvalue weighted by Crippen LogP contribution is -2.05. The summed E-state index contributed by atoms with van der Waals surface area (Å²) in [5, 5.41) is 0. The fourth-order valence-corrected chi connectivity index (χ4v) is 2.26. The van der Waals surface area contributed by atoms with Crippen molar-refractivity contribution in [3.63, 3.8) is 0 Å². The Balaban J connectivity index is 1.75. The average Bonchev–Trinajstić information content (AvgIpc) is 3.18.